The van der Waals surface area contributed by atoms with Crippen LogP contribution in [0.4, 0.5) is 5.69 Å². The fourth-order valence-corrected chi connectivity index (χ4v) is 4.93. The van der Waals surface area contributed by atoms with Crippen molar-refractivity contribution >= 4 is 45.4 Å². The van der Waals surface area contributed by atoms with Crippen LogP contribution in [0.2, 0.25) is 0 Å². The lowest BCUT2D eigenvalue weighted by atomic mass is 9.79. The Balaban J connectivity index is 1.80. The molecule has 0 saturated carbocycles. The zero-order valence-electron chi connectivity index (χ0n) is 19.5. The second-order valence-corrected chi connectivity index (χ2v) is 12.4. The third kappa shape index (κ3) is 5.43. The highest BCUT2D eigenvalue weighted by Crippen LogP contribution is 2.36. The minimum atomic E-state index is -3.94. The van der Waals surface area contributed by atoms with Crippen LogP contribution < -0.4 is 10.2 Å². The Bertz CT molecular complexity index is 1090. The third-order valence-electron chi connectivity index (χ3n) is 5.49. The first-order valence-corrected chi connectivity index (χ1v) is 12.7. The van der Waals surface area contributed by atoms with Crippen LogP contribution in [0, 0.1) is 0 Å². The van der Waals surface area contributed by atoms with E-state index in [9.17, 15) is 13.2 Å². The first-order valence-electron chi connectivity index (χ1n) is 10.3. The van der Waals surface area contributed by atoms with Gasteiger partial charge < -0.3 is 14.0 Å². The van der Waals surface area contributed by atoms with Gasteiger partial charge in [-0.2, -0.15) is 0 Å². The fraction of sp³-hybridized carbons (Fsp3) is 0.500. The number of carbonyl (C=O) groups excluding carboxylic acids is 1. The quantitative estimate of drug-likeness (QED) is 0.479. The number of ether oxygens (including phenoxy) is 1. The van der Waals surface area contributed by atoms with Gasteiger partial charge in [-0.05, 0) is 77.5 Å². The number of benzene rings is 1. The minimum Gasteiger partial charge on any atom is -0.399 e. The summed E-state index contributed by atoms with van der Waals surface area (Å²) in [6.45, 7) is 13.2. The van der Waals surface area contributed by atoms with Gasteiger partial charge in [-0.1, -0.05) is 12.1 Å². The Kier molecular flexibility index (Phi) is 6.67. The number of nitrogens with one attached hydrogen (secondary N) is 1. The van der Waals surface area contributed by atoms with Crippen LogP contribution in [0.15, 0.2) is 40.6 Å². The summed E-state index contributed by atoms with van der Waals surface area (Å²) in [5.41, 5.74) is -0.705. The molecule has 1 fully saturated rings. The van der Waals surface area contributed by atoms with Crippen molar-refractivity contribution in [1.29, 1.82) is 0 Å². The molecule has 0 radical (unpaired) electrons. The van der Waals surface area contributed by atoms with E-state index in [1.54, 1.807) is 23.6 Å². The van der Waals surface area contributed by atoms with Crippen molar-refractivity contribution in [1.82, 2.24) is 0 Å². The van der Waals surface area contributed by atoms with Crippen molar-refractivity contribution in [3.8, 4) is 0 Å². The number of rotatable bonds is 7. The summed E-state index contributed by atoms with van der Waals surface area (Å²) in [6, 6.07) is 8.01. The van der Waals surface area contributed by atoms with Gasteiger partial charge in [0, 0.05) is 0 Å². The molecule has 1 aliphatic heterocycles. The van der Waals surface area contributed by atoms with Crippen LogP contribution in [0.5, 0.6) is 0 Å². The molecule has 3 rings (SSSR count). The SMILES string of the molecule is CC(C)(C)OCC(=O)c1sccc1NS(=O)(=O)c1cccc(B2OC(C)(C)C(C)(C)O2)c1. The number of thiophene rings is 1. The Morgan fingerprint density at radius 1 is 1.12 bits per heavy atom. The van der Waals surface area contributed by atoms with Crippen molar-refractivity contribution < 1.29 is 27.3 Å². The number of anilines is 1. The molecule has 2 aromatic rings. The average molecular weight is 479 g/mol. The van der Waals surface area contributed by atoms with Gasteiger partial charge in [-0.3, -0.25) is 9.52 Å². The van der Waals surface area contributed by atoms with Gasteiger partial charge in [0.1, 0.15) is 6.61 Å². The highest BCUT2D eigenvalue weighted by molar-refractivity contribution is 7.92. The summed E-state index contributed by atoms with van der Waals surface area (Å²) < 4.78 is 46.3. The van der Waals surface area contributed by atoms with E-state index in [1.807, 2.05) is 48.5 Å². The molecule has 0 unspecified atom stereocenters. The maximum atomic E-state index is 13.1. The van der Waals surface area contributed by atoms with E-state index in [0.29, 0.717) is 10.3 Å². The van der Waals surface area contributed by atoms with E-state index < -0.39 is 33.9 Å². The van der Waals surface area contributed by atoms with Crippen LogP contribution >= 0.6 is 11.3 Å². The molecule has 10 heteroatoms. The van der Waals surface area contributed by atoms with E-state index in [0.717, 1.165) is 0 Å². The number of carbonyl (C=O) groups is 1. The van der Waals surface area contributed by atoms with Crippen LogP contribution in [0.3, 0.4) is 0 Å². The fourth-order valence-electron chi connectivity index (χ4n) is 2.96. The predicted octanol–water partition coefficient (Wildman–Crippen LogP) is 3.85. The monoisotopic (exact) mass is 479 g/mol. The lowest BCUT2D eigenvalue weighted by Crippen LogP contribution is -2.41. The molecule has 1 aromatic heterocycles. The van der Waals surface area contributed by atoms with Crippen molar-refractivity contribution in [2.75, 3.05) is 11.3 Å². The van der Waals surface area contributed by atoms with Gasteiger partial charge in [0.2, 0.25) is 5.78 Å². The van der Waals surface area contributed by atoms with Crippen molar-refractivity contribution in [2.45, 2.75) is 70.2 Å². The Hall–Kier alpha value is -1.72. The van der Waals surface area contributed by atoms with E-state index in [-0.39, 0.29) is 23.0 Å². The van der Waals surface area contributed by atoms with Crippen LogP contribution in [-0.4, -0.2) is 44.7 Å². The van der Waals surface area contributed by atoms with E-state index >= 15 is 0 Å². The first-order chi connectivity index (χ1) is 14.6. The maximum Gasteiger partial charge on any atom is 0.494 e. The molecular weight excluding hydrogens is 449 g/mol. The Morgan fingerprint density at radius 3 is 2.34 bits per heavy atom. The van der Waals surface area contributed by atoms with E-state index in [1.165, 1.54) is 23.5 Å². The first kappa shape index (κ1) is 24.9. The zero-order chi connectivity index (χ0) is 23.9. The molecule has 0 bridgehead atoms. The van der Waals surface area contributed by atoms with Crippen molar-refractivity contribution in [3.63, 3.8) is 0 Å². The third-order valence-corrected chi connectivity index (χ3v) is 7.81. The van der Waals surface area contributed by atoms with Crippen LogP contribution in [-0.2, 0) is 24.1 Å². The van der Waals surface area contributed by atoms with Crippen LogP contribution in [0.1, 0.15) is 58.1 Å². The standard InChI is InChI=1S/C22H30BNO6S2/c1-20(2,3)28-14-18(25)19-17(11-12-31-19)24-32(26,27)16-10-8-9-15(13-16)23-29-21(4,5)22(6,7)30-23/h8-13,24H,14H2,1-7H3. The summed E-state index contributed by atoms with van der Waals surface area (Å²) in [6.07, 6.45) is 0. The van der Waals surface area contributed by atoms with Crippen molar-refractivity contribution in [2.24, 2.45) is 0 Å². The minimum absolute atomic E-state index is 0.0558. The Labute approximate surface area is 194 Å². The molecule has 32 heavy (non-hydrogen) atoms. The summed E-state index contributed by atoms with van der Waals surface area (Å²) in [5, 5.41) is 1.67. The topological polar surface area (TPSA) is 90.9 Å². The van der Waals surface area contributed by atoms with E-state index in [2.05, 4.69) is 4.72 Å². The molecule has 1 N–H and O–H groups in total. The zero-order valence-corrected chi connectivity index (χ0v) is 21.1. The normalized spacial score (nSPS) is 18.0. The summed E-state index contributed by atoms with van der Waals surface area (Å²) >= 11 is 1.17. The van der Waals surface area contributed by atoms with Gasteiger partial charge in [0.25, 0.3) is 10.0 Å². The molecule has 0 aliphatic carbocycles. The highest BCUT2D eigenvalue weighted by Gasteiger charge is 2.51. The van der Waals surface area contributed by atoms with Gasteiger partial charge in [0.15, 0.2) is 0 Å². The number of hydrogen-bond acceptors (Lipinski definition) is 7. The summed E-state index contributed by atoms with van der Waals surface area (Å²) in [4.78, 5) is 12.9. The molecule has 1 aliphatic rings. The summed E-state index contributed by atoms with van der Waals surface area (Å²) in [5.74, 6) is -0.279. The molecule has 7 nitrogen and oxygen atoms in total. The maximum absolute atomic E-state index is 13.1. The van der Waals surface area contributed by atoms with Gasteiger partial charge in [-0.15, -0.1) is 11.3 Å². The van der Waals surface area contributed by atoms with E-state index in [4.69, 9.17) is 14.0 Å². The average Bonchev–Trinajstić information content (AvgIpc) is 3.20. The van der Waals surface area contributed by atoms with Gasteiger partial charge >= 0.3 is 7.12 Å². The second-order valence-electron chi connectivity index (χ2n) is 9.75. The molecule has 0 atom stereocenters. The van der Waals surface area contributed by atoms with Crippen molar-refractivity contribution in [3.05, 3.63) is 40.6 Å². The number of Topliss-reactive ketones (excluding diaryl/α,β-unsaturated/α-hetero) is 1. The summed E-state index contributed by atoms with van der Waals surface area (Å²) in [7, 11) is -4.62. The molecule has 1 aromatic carbocycles. The second kappa shape index (κ2) is 8.57. The molecule has 1 saturated heterocycles. The largest absolute Gasteiger partial charge is 0.494 e. The predicted molar refractivity (Wildman–Crippen MR) is 127 cm³/mol. The molecule has 0 amide bonds. The molecule has 2 heterocycles. The molecule has 0 spiro atoms. The van der Waals surface area contributed by atoms with Crippen LogP contribution in [0.25, 0.3) is 0 Å². The number of ketones is 1. The lowest BCUT2D eigenvalue weighted by Gasteiger charge is -2.32. The molecule has 174 valence electrons. The van der Waals surface area contributed by atoms with Gasteiger partial charge in [0.05, 0.1) is 32.3 Å². The van der Waals surface area contributed by atoms with Gasteiger partial charge in [-0.25, -0.2) is 8.42 Å². The molecular formula is C22H30BNO6S2. The highest BCUT2D eigenvalue weighted by atomic mass is 32.2. The smallest absolute Gasteiger partial charge is 0.399 e. The number of hydrogen-bond donors (Lipinski definition) is 1. The number of sulfonamides is 1. The lowest BCUT2D eigenvalue weighted by molar-refractivity contribution is 0.00326. The Morgan fingerprint density at radius 2 is 1.75 bits per heavy atom.